The number of hydrogen-bond donors (Lipinski definition) is 1. The highest BCUT2D eigenvalue weighted by atomic mass is 32.2. The normalized spacial score (nSPS) is 21.7. The van der Waals surface area contributed by atoms with Gasteiger partial charge in [-0.15, -0.1) is 4.40 Å². The minimum atomic E-state index is -3.61. The smallest absolute Gasteiger partial charge is 0.285 e. The molecule has 0 radical (unpaired) electrons. The lowest BCUT2D eigenvalue weighted by molar-refractivity contribution is 0.447. The molecule has 1 N–H and O–H groups in total. The Hall–Kier alpha value is -1.66. The van der Waals surface area contributed by atoms with Gasteiger partial charge < -0.3 is 10.2 Å². The maximum atomic E-state index is 12.5. The highest BCUT2D eigenvalue weighted by Crippen LogP contribution is 2.33. The molecule has 6 heteroatoms. The van der Waals surface area contributed by atoms with Crippen molar-refractivity contribution in [2.75, 3.05) is 26.2 Å². The molecule has 22 heavy (non-hydrogen) atoms. The van der Waals surface area contributed by atoms with Crippen molar-refractivity contribution in [3.05, 3.63) is 41.0 Å². The molecule has 0 atom stereocenters. The quantitative estimate of drug-likeness (QED) is 0.857. The van der Waals surface area contributed by atoms with E-state index in [9.17, 15) is 8.42 Å². The van der Waals surface area contributed by atoms with Crippen LogP contribution in [0.1, 0.15) is 24.5 Å². The van der Waals surface area contributed by atoms with Crippen molar-refractivity contribution in [2.24, 2.45) is 4.40 Å². The lowest BCUT2D eigenvalue weighted by Gasteiger charge is -2.22. The standard InChI is InChI=1S/C16H21N3O2S/c1-12-4-6-14(7-5-12)15-13(2)16(18-22(15,20)21)19-10-3-8-17-9-11-19/h4-7,17H,3,8-11H2,1-2H3. The molecule has 0 aromatic heterocycles. The number of amidine groups is 1. The van der Waals surface area contributed by atoms with Crippen molar-refractivity contribution < 1.29 is 8.42 Å². The molecule has 3 rings (SSSR count). The Morgan fingerprint density at radius 2 is 1.82 bits per heavy atom. The minimum Gasteiger partial charge on any atom is -0.354 e. The van der Waals surface area contributed by atoms with E-state index in [1.165, 1.54) is 0 Å². The summed E-state index contributed by atoms with van der Waals surface area (Å²) in [5, 5.41) is 3.32. The molecule has 1 aromatic carbocycles. The van der Waals surface area contributed by atoms with E-state index in [4.69, 9.17) is 0 Å². The number of aryl methyl sites for hydroxylation is 1. The van der Waals surface area contributed by atoms with E-state index in [2.05, 4.69) is 14.6 Å². The second-order valence-electron chi connectivity index (χ2n) is 5.80. The van der Waals surface area contributed by atoms with Gasteiger partial charge in [0.25, 0.3) is 10.0 Å². The van der Waals surface area contributed by atoms with Crippen LogP contribution in [0.15, 0.2) is 34.2 Å². The largest absolute Gasteiger partial charge is 0.354 e. The molecule has 118 valence electrons. The van der Waals surface area contributed by atoms with Crippen LogP contribution >= 0.6 is 0 Å². The first-order valence-electron chi connectivity index (χ1n) is 7.58. The number of nitrogens with zero attached hydrogens (tertiary/aromatic N) is 2. The second kappa shape index (κ2) is 5.85. The van der Waals surface area contributed by atoms with Gasteiger partial charge in [-0.1, -0.05) is 29.8 Å². The number of nitrogens with one attached hydrogen (secondary N) is 1. The van der Waals surface area contributed by atoms with Crippen LogP contribution in [-0.2, 0) is 10.0 Å². The number of sulfonamides is 1. The van der Waals surface area contributed by atoms with Gasteiger partial charge in [-0.2, -0.15) is 8.42 Å². The molecule has 0 spiro atoms. The van der Waals surface area contributed by atoms with E-state index >= 15 is 0 Å². The first-order chi connectivity index (χ1) is 10.5. The monoisotopic (exact) mass is 319 g/mol. The molecule has 2 aliphatic rings. The molecular weight excluding hydrogens is 298 g/mol. The van der Waals surface area contributed by atoms with E-state index in [0.29, 0.717) is 10.7 Å². The average Bonchev–Trinajstić information content (AvgIpc) is 2.67. The van der Waals surface area contributed by atoms with Gasteiger partial charge in [-0.25, -0.2) is 0 Å². The molecule has 0 bridgehead atoms. The molecule has 1 aromatic rings. The van der Waals surface area contributed by atoms with Crippen molar-refractivity contribution >= 4 is 20.8 Å². The Morgan fingerprint density at radius 3 is 2.55 bits per heavy atom. The summed E-state index contributed by atoms with van der Waals surface area (Å²) in [6.07, 6.45) is 0.992. The highest BCUT2D eigenvalue weighted by molar-refractivity contribution is 8.00. The molecular formula is C16H21N3O2S. The minimum absolute atomic E-state index is 0.347. The van der Waals surface area contributed by atoms with Crippen molar-refractivity contribution in [2.45, 2.75) is 20.3 Å². The Morgan fingerprint density at radius 1 is 1.09 bits per heavy atom. The zero-order valence-electron chi connectivity index (χ0n) is 13.0. The van der Waals surface area contributed by atoms with Crippen LogP contribution in [0, 0.1) is 6.92 Å². The Labute approximate surface area is 131 Å². The van der Waals surface area contributed by atoms with Crippen molar-refractivity contribution in [1.29, 1.82) is 0 Å². The van der Waals surface area contributed by atoms with Gasteiger partial charge in [0.05, 0.1) is 0 Å². The molecule has 0 amide bonds. The third-order valence-electron chi connectivity index (χ3n) is 4.09. The van der Waals surface area contributed by atoms with Crippen LogP contribution in [-0.4, -0.2) is 45.3 Å². The van der Waals surface area contributed by atoms with E-state index in [-0.39, 0.29) is 0 Å². The zero-order chi connectivity index (χ0) is 15.7. The maximum absolute atomic E-state index is 12.5. The van der Waals surface area contributed by atoms with E-state index < -0.39 is 10.0 Å². The molecule has 5 nitrogen and oxygen atoms in total. The molecule has 0 unspecified atom stereocenters. The van der Waals surface area contributed by atoms with Crippen LogP contribution in [0.2, 0.25) is 0 Å². The highest BCUT2D eigenvalue weighted by Gasteiger charge is 2.33. The predicted octanol–water partition coefficient (Wildman–Crippen LogP) is 1.76. The third-order valence-corrected chi connectivity index (χ3v) is 5.57. The van der Waals surface area contributed by atoms with E-state index in [0.717, 1.165) is 49.3 Å². The molecule has 0 aliphatic carbocycles. The fourth-order valence-electron chi connectivity index (χ4n) is 2.95. The molecule has 1 saturated heterocycles. The summed E-state index contributed by atoms with van der Waals surface area (Å²) in [4.78, 5) is 2.42. The first kappa shape index (κ1) is 15.2. The average molecular weight is 319 g/mol. The summed E-state index contributed by atoms with van der Waals surface area (Å²) in [5.74, 6) is 0.610. The van der Waals surface area contributed by atoms with Gasteiger partial charge in [0.1, 0.15) is 10.7 Å². The molecule has 2 heterocycles. The number of hydrogen-bond acceptors (Lipinski definition) is 4. The lowest BCUT2D eigenvalue weighted by atomic mass is 10.1. The van der Waals surface area contributed by atoms with Gasteiger partial charge in [-0.3, -0.25) is 0 Å². The topological polar surface area (TPSA) is 61.8 Å². The summed E-state index contributed by atoms with van der Waals surface area (Å²) in [6.45, 7) is 7.28. The van der Waals surface area contributed by atoms with Crippen LogP contribution in [0.3, 0.4) is 0 Å². The first-order valence-corrected chi connectivity index (χ1v) is 9.02. The van der Waals surface area contributed by atoms with E-state index in [1.54, 1.807) is 0 Å². The van der Waals surface area contributed by atoms with E-state index in [1.807, 2.05) is 38.1 Å². The number of rotatable bonds is 1. The maximum Gasteiger partial charge on any atom is 0.285 e. The van der Waals surface area contributed by atoms with Crippen molar-refractivity contribution in [3.63, 3.8) is 0 Å². The van der Waals surface area contributed by atoms with Crippen molar-refractivity contribution in [1.82, 2.24) is 10.2 Å². The molecule has 1 fully saturated rings. The second-order valence-corrected chi connectivity index (χ2v) is 7.34. The fourth-order valence-corrected chi connectivity index (χ4v) is 4.43. The Balaban J connectivity index is 2.01. The van der Waals surface area contributed by atoms with Crippen LogP contribution < -0.4 is 5.32 Å². The summed E-state index contributed by atoms with van der Waals surface area (Å²) in [5.41, 5.74) is 2.58. The molecule has 0 saturated carbocycles. The number of benzene rings is 1. The van der Waals surface area contributed by atoms with Crippen LogP contribution in [0.4, 0.5) is 0 Å². The van der Waals surface area contributed by atoms with Crippen LogP contribution in [0.5, 0.6) is 0 Å². The Bertz CT molecular complexity index is 725. The molecule has 2 aliphatic heterocycles. The van der Waals surface area contributed by atoms with Crippen LogP contribution in [0.25, 0.3) is 4.91 Å². The van der Waals surface area contributed by atoms with Gasteiger partial charge in [-0.05, 0) is 32.4 Å². The summed E-state index contributed by atoms with van der Waals surface area (Å²) in [7, 11) is -3.61. The summed E-state index contributed by atoms with van der Waals surface area (Å²) < 4.78 is 29.1. The lowest BCUT2D eigenvalue weighted by Crippen LogP contribution is -2.34. The Kier molecular flexibility index (Phi) is 4.06. The van der Waals surface area contributed by atoms with Gasteiger partial charge in [0, 0.05) is 25.2 Å². The zero-order valence-corrected chi connectivity index (χ0v) is 13.8. The fraction of sp³-hybridized carbons (Fsp3) is 0.438. The van der Waals surface area contributed by atoms with Gasteiger partial charge in [0.15, 0.2) is 0 Å². The SMILES string of the molecule is CC1=C(c2ccc(C)cc2)S(=O)(=O)N=C1N1CCCNCC1. The summed E-state index contributed by atoms with van der Waals surface area (Å²) in [6, 6.07) is 7.57. The predicted molar refractivity (Wildman–Crippen MR) is 89.2 cm³/mol. The van der Waals surface area contributed by atoms with Crippen molar-refractivity contribution in [3.8, 4) is 0 Å². The van der Waals surface area contributed by atoms with Gasteiger partial charge in [0.2, 0.25) is 0 Å². The third kappa shape index (κ3) is 2.80. The van der Waals surface area contributed by atoms with Gasteiger partial charge >= 0.3 is 0 Å². The summed E-state index contributed by atoms with van der Waals surface area (Å²) >= 11 is 0.